The first-order valence-corrected chi connectivity index (χ1v) is 10.2. The van der Waals surface area contributed by atoms with E-state index in [1.54, 1.807) is 36.4 Å². The van der Waals surface area contributed by atoms with Crippen molar-refractivity contribution in [3.8, 4) is 0 Å². The van der Waals surface area contributed by atoms with Crippen LogP contribution in [0.3, 0.4) is 0 Å². The van der Waals surface area contributed by atoms with Gasteiger partial charge in [0.25, 0.3) is 5.91 Å². The van der Waals surface area contributed by atoms with Gasteiger partial charge in [-0.25, -0.2) is 8.42 Å². The molecule has 25 heavy (non-hydrogen) atoms. The number of rotatable bonds is 4. The minimum absolute atomic E-state index is 0. The molecule has 0 unspecified atom stereocenters. The van der Waals surface area contributed by atoms with Crippen LogP contribution in [0.5, 0.6) is 0 Å². The molecule has 0 atom stereocenters. The lowest BCUT2D eigenvalue weighted by molar-refractivity contribution is 0.0930. The maximum atomic E-state index is 12.6. The van der Waals surface area contributed by atoms with Crippen molar-refractivity contribution < 1.29 is 13.2 Å². The topological polar surface area (TPSA) is 89.3 Å². The normalized spacial score (nSPS) is 20.5. The number of sulfone groups is 1. The third-order valence-corrected chi connectivity index (χ3v) is 7.58. The highest BCUT2D eigenvalue weighted by molar-refractivity contribution is 7.93. The van der Waals surface area contributed by atoms with E-state index in [9.17, 15) is 13.2 Å². The van der Waals surface area contributed by atoms with Gasteiger partial charge >= 0.3 is 0 Å². The zero-order valence-electron chi connectivity index (χ0n) is 13.6. The molecule has 1 aliphatic rings. The number of halogens is 1. The number of carbonyl (C=O) groups excluding carboxylic acids is 1. The molecular weight excluding hydrogens is 380 g/mol. The monoisotopic (exact) mass is 400 g/mol. The first kappa shape index (κ1) is 19.9. The third-order valence-electron chi connectivity index (χ3n) is 4.23. The first-order valence-electron chi connectivity index (χ1n) is 7.93. The molecule has 5 nitrogen and oxygen atoms in total. The van der Waals surface area contributed by atoms with E-state index >= 15 is 0 Å². The van der Waals surface area contributed by atoms with Gasteiger partial charge in [-0.05, 0) is 49.9 Å². The van der Waals surface area contributed by atoms with Crippen LogP contribution in [0.4, 0.5) is 0 Å². The quantitative estimate of drug-likeness (QED) is 0.825. The Morgan fingerprint density at radius 3 is 2.32 bits per heavy atom. The fourth-order valence-corrected chi connectivity index (χ4v) is 5.45. The van der Waals surface area contributed by atoms with Gasteiger partial charge in [-0.1, -0.05) is 18.2 Å². The van der Waals surface area contributed by atoms with E-state index in [1.807, 2.05) is 0 Å². The van der Waals surface area contributed by atoms with Gasteiger partial charge in [-0.15, -0.1) is 23.7 Å². The van der Waals surface area contributed by atoms with Crippen LogP contribution in [0, 0.1) is 0 Å². The molecule has 1 heterocycles. The molecule has 3 N–H and O–H groups in total. The summed E-state index contributed by atoms with van der Waals surface area (Å²) in [6.45, 7) is 0. The summed E-state index contributed by atoms with van der Waals surface area (Å²) in [6, 6.07) is 11.7. The Labute approximate surface area is 158 Å². The lowest BCUT2D eigenvalue weighted by Crippen LogP contribution is -2.40. The van der Waals surface area contributed by atoms with Crippen molar-refractivity contribution in [2.24, 2.45) is 5.73 Å². The number of thiophene rings is 1. The number of hydrogen-bond acceptors (Lipinski definition) is 5. The van der Waals surface area contributed by atoms with Crippen LogP contribution in [-0.2, 0) is 9.84 Å². The van der Waals surface area contributed by atoms with Crippen LogP contribution in [0.2, 0.25) is 0 Å². The number of nitrogens with two attached hydrogens (primary N) is 1. The highest BCUT2D eigenvalue weighted by Gasteiger charge is 2.24. The summed E-state index contributed by atoms with van der Waals surface area (Å²) in [6.07, 6.45) is 3.55. The average Bonchev–Trinajstić information content (AvgIpc) is 3.09. The molecule has 0 saturated heterocycles. The van der Waals surface area contributed by atoms with Crippen LogP contribution < -0.4 is 11.1 Å². The fourth-order valence-electron chi connectivity index (χ4n) is 2.82. The van der Waals surface area contributed by atoms with Crippen LogP contribution in [-0.4, -0.2) is 26.4 Å². The highest BCUT2D eigenvalue weighted by atomic mass is 35.5. The van der Waals surface area contributed by atoms with Gasteiger partial charge in [0, 0.05) is 12.1 Å². The van der Waals surface area contributed by atoms with Crippen LogP contribution >= 0.6 is 23.7 Å². The predicted molar refractivity (Wildman–Crippen MR) is 101 cm³/mol. The maximum Gasteiger partial charge on any atom is 0.261 e. The molecule has 8 heteroatoms. The maximum absolute atomic E-state index is 12.6. The number of amides is 1. The van der Waals surface area contributed by atoms with Gasteiger partial charge in [0.05, 0.1) is 9.77 Å². The standard InChI is InChI=1S/C17H20N2O3S2.ClH/c18-12-6-8-13(9-7-12)19-17(20)15-10-11-16(23-15)24(21,22)14-4-2-1-3-5-14;/h1-5,10-13H,6-9,18H2,(H,19,20);1H. The Morgan fingerprint density at radius 2 is 1.68 bits per heavy atom. The van der Waals surface area contributed by atoms with Crippen molar-refractivity contribution in [2.75, 3.05) is 0 Å². The number of hydrogen-bond donors (Lipinski definition) is 2. The Bertz CT molecular complexity index is 813. The van der Waals surface area contributed by atoms with Crippen molar-refractivity contribution in [2.45, 2.75) is 46.9 Å². The molecule has 0 spiro atoms. The van der Waals surface area contributed by atoms with E-state index in [1.165, 1.54) is 6.07 Å². The summed E-state index contributed by atoms with van der Waals surface area (Å²) >= 11 is 1.01. The predicted octanol–water partition coefficient (Wildman–Crippen LogP) is 3.00. The second-order valence-corrected chi connectivity index (χ2v) is 9.28. The number of carbonyl (C=O) groups is 1. The lowest BCUT2D eigenvalue weighted by Gasteiger charge is -2.26. The Morgan fingerprint density at radius 1 is 1.04 bits per heavy atom. The van der Waals surface area contributed by atoms with Gasteiger partial charge in [0.2, 0.25) is 9.84 Å². The average molecular weight is 401 g/mol. The minimum Gasteiger partial charge on any atom is -0.349 e. The van der Waals surface area contributed by atoms with Crippen molar-refractivity contribution in [3.63, 3.8) is 0 Å². The summed E-state index contributed by atoms with van der Waals surface area (Å²) in [5.41, 5.74) is 5.87. The van der Waals surface area contributed by atoms with Crippen molar-refractivity contribution in [3.05, 3.63) is 47.3 Å². The van der Waals surface area contributed by atoms with Crippen molar-refractivity contribution >= 4 is 39.5 Å². The van der Waals surface area contributed by atoms with E-state index in [0.717, 1.165) is 37.0 Å². The zero-order valence-corrected chi connectivity index (χ0v) is 16.0. The third kappa shape index (κ3) is 4.61. The molecule has 0 radical (unpaired) electrons. The lowest BCUT2D eigenvalue weighted by atomic mass is 9.92. The Hall–Kier alpha value is -1.41. The summed E-state index contributed by atoms with van der Waals surface area (Å²) in [5, 5.41) is 2.98. The summed E-state index contributed by atoms with van der Waals surface area (Å²) in [4.78, 5) is 13.0. The van der Waals surface area contributed by atoms with E-state index in [4.69, 9.17) is 5.73 Å². The van der Waals surface area contributed by atoms with E-state index in [-0.39, 0.29) is 39.5 Å². The number of benzene rings is 1. The zero-order chi connectivity index (χ0) is 17.2. The van der Waals surface area contributed by atoms with Crippen molar-refractivity contribution in [1.29, 1.82) is 0 Å². The molecule has 3 rings (SSSR count). The molecule has 1 amide bonds. The van der Waals surface area contributed by atoms with Gasteiger partial charge in [-0.3, -0.25) is 4.79 Å². The second-order valence-electron chi connectivity index (χ2n) is 6.02. The van der Waals surface area contributed by atoms with E-state index in [2.05, 4.69) is 5.32 Å². The minimum atomic E-state index is -3.57. The van der Waals surface area contributed by atoms with Crippen LogP contribution in [0.25, 0.3) is 0 Å². The van der Waals surface area contributed by atoms with Crippen molar-refractivity contribution in [1.82, 2.24) is 5.32 Å². The van der Waals surface area contributed by atoms with Gasteiger partial charge < -0.3 is 11.1 Å². The molecule has 1 aromatic carbocycles. The summed E-state index contributed by atoms with van der Waals surface area (Å²) in [5.74, 6) is -0.213. The molecular formula is C17H21ClN2O3S2. The second kappa shape index (κ2) is 8.31. The van der Waals surface area contributed by atoms with Crippen LogP contribution in [0.1, 0.15) is 35.4 Å². The van der Waals surface area contributed by atoms with E-state index in [0.29, 0.717) is 4.88 Å². The molecule has 0 aliphatic heterocycles. The largest absolute Gasteiger partial charge is 0.349 e. The highest BCUT2D eigenvalue weighted by Crippen LogP contribution is 2.28. The molecule has 1 saturated carbocycles. The SMILES string of the molecule is Cl.NC1CCC(NC(=O)c2ccc(S(=O)(=O)c3ccccc3)s2)CC1. The van der Waals surface area contributed by atoms with E-state index < -0.39 is 9.84 Å². The smallest absolute Gasteiger partial charge is 0.261 e. The van der Waals surface area contributed by atoms with Crippen LogP contribution in [0.15, 0.2) is 51.6 Å². The van der Waals surface area contributed by atoms with Gasteiger partial charge in [0.1, 0.15) is 4.21 Å². The molecule has 1 fully saturated rings. The summed E-state index contributed by atoms with van der Waals surface area (Å²) < 4.78 is 25.3. The van der Waals surface area contributed by atoms with Gasteiger partial charge in [0.15, 0.2) is 0 Å². The Kier molecular flexibility index (Phi) is 6.62. The fraction of sp³-hybridized carbons (Fsp3) is 0.353. The molecule has 136 valence electrons. The molecule has 1 aliphatic carbocycles. The first-order chi connectivity index (χ1) is 11.5. The molecule has 1 aromatic heterocycles. The Balaban J connectivity index is 0.00000225. The molecule has 2 aromatic rings. The number of nitrogens with one attached hydrogen (secondary N) is 1. The molecule has 0 bridgehead atoms. The van der Waals surface area contributed by atoms with Gasteiger partial charge in [-0.2, -0.15) is 0 Å². The summed E-state index contributed by atoms with van der Waals surface area (Å²) in [7, 11) is -3.57.